The van der Waals surface area contributed by atoms with Gasteiger partial charge in [0.25, 0.3) is 5.91 Å². The van der Waals surface area contributed by atoms with Crippen molar-refractivity contribution in [3.63, 3.8) is 0 Å². The Labute approximate surface area is 186 Å². The largest absolute Gasteiger partial charge is 0.624 e. The minimum atomic E-state index is -1.26. The lowest BCUT2D eigenvalue weighted by Crippen LogP contribution is -2.71. The third-order valence-electron chi connectivity index (χ3n) is 7.04. The highest BCUT2D eigenvalue weighted by atomic mass is 16.6. The molecule has 10 nitrogen and oxygen atoms in total. The molecule has 1 spiro atoms. The Hall–Kier alpha value is -2.37. The first-order valence-electron chi connectivity index (χ1n) is 11.2. The van der Waals surface area contributed by atoms with Crippen LogP contribution in [0.5, 0.6) is 0 Å². The Balaban J connectivity index is 1.08. The number of carbonyl (C=O) groups excluding carboxylic acids is 3. The maximum absolute atomic E-state index is 13.3. The molecule has 0 aromatic heterocycles. The summed E-state index contributed by atoms with van der Waals surface area (Å²) in [5.41, 5.74) is 2.31. The van der Waals surface area contributed by atoms with Gasteiger partial charge in [-0.25, -0.2) is 4.79 Å². The van der Waals surface area contributed by atoms with Crippen molar-refractivity contribution in [1.29, 1.82) is 0 Å². The predicted octanol–water partition coefficient (Wildman–Crippen LogP) is -0.206. The van der Waals surface area contributed by atoms with Gasteiger partial charge in [-0.2, -0.15) is 0 Å². The summed E-state index contributed by atoms with van der Waals surface area (Å²) >= 11 is 0. The van der Waals surface area contributed by atoms with E-state index in [-0.39, 0.29) is 19.4 Å². The molecule has 1 aromatic carbocycles. The second-order valence-corrected chi connectivity index (χ2v) is 9.45. The molecule has 3 fully saturated rings. The average Bonchev–Trinajstić information content (AvgIpc) is 2.95. The van der Waals surface area contributed by atoms with Crippen LogP contribution in [0.1, 0.15) is 28.8 Å². The number of ether oxygens (including phenoxy) is 1. The number of fused-ring (bicyclic) bond motifs is 1. The molecule has 5 rings (SSSR count). The number of piperidine rings is 1. The molecule has 172 valence electrons. The number of hydroxylamine groups is 3. The number of nitrogens with one attached hydrogen (secondary N) is 3. The molecule has 0 aliphatic carbocycles. The third kappa shape index (κ3) is 3.82. The summed E-state index contributed by atoms with van der Waals surface area (Å²) in [5.74, 6) is -1.68. The van der Waals surface area contributed by atoms with Crippen molar-refractivity contribution in [2.24, 2.45) is 5.41 Å². The summed E-state index contributed by atoms with van der Waals surface area (Å²) in [7, 11) is 0. The minimum Gasteiger partial charge on any atom is -0.624 e. The number of amides is 3. The molecule has 3 N–H and O–H groups in total. The molecule has 2 unspecified atom stereocenters. The molecule has 32 heavy (non-hydrogen) atoms. The topological polar surface area (TPSA) is 123 Å². The SMILES string of the molecule is O=C1CCC([N+]2([O-])Cc3cc(NCCOCCN4CC5(CNC5)C4)ccc3C2=O)C(=O)N1. The van der Waals surface area contributed by atoms with E-state index in [1.165, 1.54) is 0 Å². The van der Waals surface area contributed by atoms with Crippen LogP contribution in [0.2, 0.25) is 0 Å². The van der Waals surface area contributed by atoms with E-state index in [9.17, 15) is 19.6 Å². The first kappa shape index (κ1) is 21.5. The molecule has 0 radical (unpaired) electrons. The molecule has 3 amide bonds. The molecule has 0 bridgehead atoms. The highest BCUT2D eigenvalue weighted by Gasteiger charge is 2.49. The first-order valence-corrected chi connectivity index (χ1v) is 11.2. The van der Waals surface area contributed by atoms with Crippen LogP contribution in [-0.2, 0) is 20.9 Å². The fourth-order valence-corrected chi connectivity index (χ4v) is 5.23. The molecule has 10 heteroatoms. The van der Waals surface area contributed by atoms with Crippen LogP contribution in [0, 0.1) is 10.6 Å². The summed E-state index contributed by atoms with van der Waals surface area (Å²) in [6, 6.07) is 4.12. The number of anilines is 1. The van der Waals surface area contributed by atoms with E-state index in [2.05, 4.69) is 20.9 Å². The van der Waals surface area contributed by atoms with Crippen LogP contribution in [0.4, 0.5) is 5.69 Å². The van der Waals surface area contributed by atoms with Gasteiger partial charge in [-0.3, -0.25) is 24.5 Å². The van der Waals surface area contributed by atoms with Gasteiger partial charge in [0.2, 0.25) is 5.91 Å². The molecule has 4 aliphatic heterocycles. The monoisotopic (exact) mass is 443 g/mol. The summed E-state index contributed by atoms with van der Waals surface area (Å²) in [6.07, 6.45) is 0.163. The Kier molecular flexibility index (Phi) is 5.50. The van der Waals surface area contributed by atoms with E-state index >= 15 is 0 Å². The molecular formula is C22H29N5O5. The second kappa shape index (κ2) is 8.20. The number of quaternary nitrogens is 1. The highest BCUT2D eigenvalue weighted by Crippen LogP contribution is 2.36. The van der Waals surface area contributed by atoms with Crippen molar-refractivity contribution in [1.82, 2.24) is 15.5 Å². The Morgan fingerprint density at radius 1 is 1.22 bits per heavy atom. The quantitative estimate of drug-likeness (QED) is 0.218. The number of likely N-dealkylation sites (tertiary alicyclic amines) is 1. The zero-order chi connectivity index (χ0) is 22.3. The van der Waals surface area contributed by atoms with Crippen molar-refractivity contribution in [3.05, 3.63) is 34.5 Å². The Morgan fingerprint density at radius 3 is 2.75 bits per heavy atom. The van der Waals surface area contributed by atoms with E-state index in [4.69, 9.17) is 4.74 Å². The summed E-state index contributed by atoms with van der Waals surface area (Å²) in [5, 5.41) is 22.1. The highest BCUT2D eigenvalue weighted by molar-refractivity contribution is 6.02. The zero-order valence-electron chi connectivity index (χ0n) is 18.0. The van der Waals surface area contributed by atoms with Crippen molar-refractivity contribution in [3.8, 4) is 0 Å². The number of carbonyl (C=O) groups is 3. The Bertz CT molecular complexity index is 941. The summed E-state index contributed by atoms with van der Waals surface area (Å²) in [4.78, 5) is 38.8. The maximum Gasteiger partial charge on any atom is 0.347 e. The molecular weight excluding hydrogens is 414 g/mol. The van der Waals surface area contributed by atoms with Crippen LogP contribution in [0.25, 0.3) is 0 Å². The van der Waals surface area contributed by atoms with Crippen molar-refractivity contribution >= 4 is 23.4 Å². The molecule has 4 heterocycles. The van der Waals surface area contributed by atoms with Gasteiger partial charge >= 0.3 is 5.91 Å². The molecule has 0 saturated carbocycles. The van der Waals surface area contributed by atoms with Crippen LogP contribution >= 0.6 is 0 Å². The van der Waals surface area contributed by atoms with Crippen molar-refractivity contribution < 1.29 is 23.8 Å². The van der Waals surface area contributed by atoms with E-state index in [1.807, 2.05) is 0 Å². The van der Waals surface area contributed by atoms with E-state index in [1.54, 1.807) is 18.2 Å². The molecule has 1 aromatic rings. The number of imide groups is 1. The fourth-order valence-electron chi connectivity index (χ4n) is 5.23. The maximum atomic E-state index is 13.3. The number of rotatable bonds is 8. The lowest BCUT2D eigenvalue weighted by molar-refractivity contribution is -0.825. The predicted molar refractivity (Wildman–Crippen MR) is 115 cm³/mol. The lowest BCUT2D eigenvalue weighted by atomic mass is 9.74. The normalized spacial score (nSPS) is 28.8. The van der Waals surface area contributed by atoms with Gasteiger partial charge in [0.05, 0.1) is 18.8 Å². The summed E-state index contributed by atoms with van der Waals surface area (Å²) in [6.45, 7) is 7.33. The Morgan fingerprint density at radius 2 is 2.03 bits per heavy atom. The summed E-state index contributed by atoms with van der Waals surface area (Å²) < 4.78 is 4.47. The van der Waals surface area contributed by atoms with E-state index in [0.29, 0.717) is 36.3 Å². The molecule has 3 saturated heterocycles. The number of hydrogen-bond donors (Lipinski definition) is 3. The van der Waals surface area contributed by atoms with Gasteiger partial charge in [0.15, 0.2) is 6.04 Å². The van der Waals surface area contributed by atoms with E-state index < -0.39 is 28.4 Å². The van der Waals surface area contributed by atoms with Gasteiger partial charge in [-0.1, -0.05) is 0 Å². The number of hydrogen-bond acceptors (Lipinski definition) is 8. The molecule has 4 aliphatic rings. The third-order valence-corrected chi connectivity index (χ3v) is 7.04. The zero-order valence-corrected chi connectivity index (χ0v) is 18.0. The minimum absolute atomic E-state index is 0.0743. The fraction of sp³-hybridized carbons (Fsp3) is 0.591. The standard InChI is InChI=1S/C22H29N5O5/c28-19-4-3-18(20(29)25-19)27(31)10-15-9-16(1-2-17(15)21(27)30)24-5-7-32-8-6-26-13-22(14-26)11-23-12-22/h1-2,9,18,23-24H,3-8,10-14H2,(H,25,28,29). The van der Waals surface area contributed by atoms with Gasteiger partial charge in [-0.05, 0) is 18.2 Å². The number of nitrogens with zero attached hydrogens (tertiary/aromatic N) is 2. The van der Waals surface area contributed by atoms with Gasteiger partial charge in [-0.15, -0.1) is 0 Å². The van der Waals surface area contributed by atoms with Crippen LogP contribution < -0.4 is 16.0 Å². The lowest BCUT2D eigenvalue weighted by Gasteiger charge is -2.56. The van der Waals surface area contributed by atoms with E-state index in [0.717, 1.165) is 38.4 Å². The van der Waals surface area contributed by atoms with Gasteiger partial charge in [0.1, 0.15) is 6.54 Å². The van der Waals surface area contributed by atoms with Crippen molar-refractivity contribution in [2.45, 2.75) is 25.4 Å². The van der Waals surface area contributed by atoms with Crippen LogP contribution in [0.15, 0.2) is 18.2 Å². The smallest absolute Gasteiger partial charge is 0.347 e. The van der Waals surface area contributed by atoms with Gasteiger partial charge < -0.3 is 20.6 Å². The second-order valence-electron chi connectivity index (χ2n) is 9.45. The first-order chi connectivity index (χ1) is 15.4. The van der Waals surface area contributed by atoms with Gasteiger partial charge in [0, 0.05) is 68.8 Å². The average molecular weight is 444 g/mol. The van der Waals surface area contributed by atoms with Crippen LogP contribution in [-0.4, -0.2) is 85.8 Å². The number of benzene rings is 1. The van der Waals surface area contributed by atoms with Crippen LogP contribution in [0.3, 0.4) is 0 Å². The van der Waals surface area contributed by atoms with Crippen molar-refractivity contribution in [2.75, 3.05) is 57.8 Å². The molecule has 2 atom stereocenters.